The van der Waals surface area contributed by atoms with Crippen LogP contribution in [0.1, 0.15) is 28.1 Å². The summed E-state index contributed by atoms with van der Waals surface area (Å²) >= 11 is 7.90. The number of rotatable bonds is 2. The number of ether oxygens (including phenoxy) is 1. The van der Waals surface area contributed by atoms with Crippen LogP contribution in [-0.4, -0.2) is 14.8 Å². The van der Waals surface area contributed by atoms with Crippen LogP contribution in [0.15, 0.2) is 71.9 Å². The molecule has 0 unspecified atom stereocenters. The van der Waals surface area contributed by atoms with E-state index in [1.165, 1.54) is 12.4 Å². The van der Waals surface area contributed by atoms with E-state index >= 15 is 0 Å². The second kappa shape index (κ2) is 6.68. The number of hydrogen-bond donors (Lipinski definition) is 1. The van der Waals surface area contributed by atoms with Crippen molar-refractivity contribution in [1.82, 2.24) is 14.8 Å². The van der Waals surface area contributed by atoms with Gasteiger partial charge in [0.05, 0.1) is 5.70 Å². The molecule has 148 valence electrons. The zero-order valence-electron chi connectivity index (χ0n) is 15.4. The molecule has 2 aromatic heterocycles. The lowest BCUT2D eigenvalue weighted by Crippen LogP contribution is -2.32. The Kier molecular flexibility index (Phi) is 3.94. The average Bonchev–Trinajstić information content (AvgIpc) is 3.44. The van der Waals surface area contributed by atoms with E-state index in [0.717, 1.165) is 21.7 Å². The summed E-state index contributed by atoms with van der Waals surface area (Å²) in [4.78, 5) is 5.37. The zero-order chi connectivity index (χ0) is 20.2. The highest BCUT2D eigenvalue weighted by molar-refractivity contribution is 7.10. The molecule has 0 fully saturated rings. The Hall–Kier alpha value is -3.16. The Bertz CT molecular complexity index is 1300. The highest BCUT2D eigenvalue weighted by Gasteiger charge is 2.42. The molecule has 2 aromatic carbocycles. The van der Waals surface area contributed by atoms with Gasteiger partial charge in [-0.3, -0.25) is 0 Å². The summed E-state index contributed by atoms with van der Waals surface area (Å²) < 4.78 is 23.2. The van der Waals surface area contributed by atoms with Crippen LogP contribution in [0.25, 0.3) is 5.70 Å². The molecule has 0 bridgehead atoms. The molecule has 0 saturated carbocycles. The molecule has 4 heterocycles. The smallest absolute Gasteiger partial charge is 0.226 e. The predicted molar refractivity (Wildman–Crippen MR) is 114 cm³/mol. The minimum atomic E-state index is -0.515. The molecule has 5 nitrogen and oxygen atoms in total. The fourth-order valence-corrected chi connectivity index (χ4v) is 5.06. The number of halogens is 2. The van der Waals surface area contributed by atoms with Gasteiger partial charge < -0.3 is 10.1 Å². The Balaban J connectivity index is 1.67. The Morgan fingerprint density at radius 1 is 1.13 bits per heavy atom. The molecule has 2 aliphatic rings. The summed E-state index contributed by atoms with van der Waals surface area (Å²) in [5, 5.41) is 10.4. The second-order valence-electron chi connectivity index (χ2n) is 7.06. The normalized spacial score (nSPS) is 19.4. The second-order valence-corrected chi connectivity index (χ2v) is 8.48. The van der Waals surface area contributed by atoms with Crippen molar-refractivity contribution >= 4 is 34.6 Å². The van der Waals surface area contributed by atoms with Crippen LogP contribution in [0.2, 0.25) is 5.02 Å². The van der Waals surface area contributed by atoms with Crippen molar-refractivity contribution in [2.24, 2.45) is 0 Å². The van der Waals surface area contributed by atoms with Gasteiger partial charge in [0.2, 0.25) is 5.95 Å². The minimum Gasteiger partial charge on any atom is -0.480 e. The van der Waals surface area contributed by atoms with E-state index in [1.807, 2.05) is 35.7 Å². The maximum absolute atomic E-state index is 15.0. The van der Waals surface area contributed by atoms with Gasteiger partial charge in [-0.2, -0.15) is 10.1 Å². The molecule has 8 heteroatoms. The third kappa shape index (κ3) is 2.59. The zero-order valence-corrected chi connectivity index (χ0v) is 17.0. The molecule has 2 atom stereocenters. The van der Waals surface area contributed by atoms with Gasteiger partial charge in [-0.1, -0.05) is 35.9 Å². The quantitative estimate of drug-likeness (QED) is 0.438. The first kappa shape index (κ1) is 17.7. The van der Waals surface area contributed by atoms with Crippen LogP contribution in [0.5, 0.6) is 5.75 Å². The maximum Gasteiger partial charge on any atom is 0.226 e. The molecule has 0 aliphatic carbocycles. The van der Waals surface area contributed by atoms with Gasteiger partial charge in [0, 0.05) is 26.6 Å². The maximum atomic E-state index is 15.0. The van der Waals surface area contributed by atoms with Crippen LogP contribution >= 0.6 is 22.9 Å². The fourth-order valence-electron chi connectivity index (χ4n) is 4.12. The Morgan fingerprint density at radius 3 is 2.87 bits per heavy atom. The van der Waals surface area contributed by atoms with E-state index in [-0.39, 0.29) is 5.82 Å². The molecule has 30 heavy (non-hydrogen) atoms. The summed E-state index contributed by atoms with van der Waals surface area (Å²) in [6, 6.07) is 15.8. The van der Waals surface area contributed by atoms with Gasteiger partial charge in [0.25, 0.3) is 0 Å². The van der Waals surface area contributed by atoms with Crippen molar-refractivity contribution in [3.63, 3.8) is 0 Å². The molecule has 0 amide bonds. The van der Waals surface area contributed by atoms with E-state index in [0.29, 0.717) is 22.3 Å². The van der Waals surface area contributed by atoms with Gasteiger partial charge in [-0.05, 0) is 35.7 Å². The summed E-state index contributed by atoms with van der Waals surface area (Å²) in [7, 11) is 0. The van der Waals surface area contributed by atoms with Crippen LogP contribution in [0.3, 0.4) is 0 Å². The first-order valence-electron chi connectivity index (χ1n) is 9.35. The number of hydrogen-bond acceptors (Lipinski definition) is 5. The molecule has 1 N–H and O–H groups in total. The molecule has 0 radical (unpaired) electrons. The van der Waals surface area contributed by atoms with Crippen molar-refractivity contribution in [3.05, 3.63) is 98.7 Å². The molecule has 4 aromatic rings. The summed E-state index contributed by atoms with van der Waals surface area (Å²) in [6.07, 6.45) is 1.07. The number of fused-ring (bicyclic) bond motifs is 3. The van der Waals surface area contributed by atoms with Gasteiger partial charge in [0.1, 0.15) is 23.9 Å². The number of aromatic nitrogens is 3. The summed E-state index contributed by atoms with van der Waals surface area (Å²) in [5.41, 5.74) is 3.02. The Labute approximate surface area is 180 Å². The van der Waals surface area contributed by atoms with Crippen molar-refractivity contribution in [2.45, 2.75) is 12.1 Å². The number of thiophene rings is 1. The van der Waals surface area contributed by atoms with Crippen molar-refractivity contribution in [3.8, 4) is 5.75 Å². The van der Waals surface area contributed by atoms with E-state index in [4.69, 9.17) is 16.3 Å². The number of benzene rings is 2. The fraction of sp³-hybridized carbons (Fsp3) is 0.0909. The number of anilines is 1. The van der Waals surface area contributed by atoms with Crippen molar-refractivity contribution < 1.29 is 9.13 Å². The van der Waals surface area contributed by atoms with E-state index < -0.39 is 12.1 Å². The minimum absolute atomic E-state index is 0.306. The van der Waals surface area contributed by atoms with Crippen LogP contribution in [0.4, 0.5) is 10.3 Å². The average molecular weight is 437 g/mol. The molecule has 2 aliphatic heterocycles. The lowest BCUT2D eigenvalue weighted by atomic mass is 9.86. The van der Waals surface area contributed by atoms with E-state index in [9.17, 15) is 4.39 Å². The highest BCUT2D eigenvalue weighted by atomic mass is 35.5. The van der Waals surface area contributed by atoms with Crippen LogP contribution < -0.4 is 10.1 Å². The van der Waals surface area contributed by atoms with E-state index in [2.05, 4.69) is 15.4 Å². The highest BCUT2D eigenvalue weighted by Crippen LogP contribution is 2.51. The molecular formula is C22H14ClFN4OS. The van der Waals surface area contributed by atoms with Gasteiger partial charge in [0.15, 0.2) is 6.10 Å². The third-order valence-electron chi connectivity index (χ3n) is 5.38. The summed E-state index contributed by atoms with van der Waals surface area (Å²) in [6.45, 7) is 0. The standard InChI is InChI=1S/C22H14ClFN4OS/c23-12-7-8-16-14(10-12)19-18(21(29-16)17-6-3-9-30-17)20(13-4-1-2-5-15(13)24)28-22(27-19)25-11-26-28/h1-11,20-21H,(H,25,26,27)/t20-,21-/m0/s1. The topological polar surface area (TPSA) is 52.0 Å². The lowest BCUT2D eigenvalue weighted by molar-refractivity contribution is 0.226. The summed E-state index contributed by atoms with van der Waals surface area (Å²) in [5.74, 6) is 0.948. The molecular weight excluding hydrogens is 423 g/mol. The van der Waals surface area contributed by atoms with Gasteiger partial charge in [-0.15, -0.1) is 11.3 Å². The van der Waals surface area contributed by atoms with Gasteiger partial charge in [-0.25, -0.2) is 9.07 Å². The van der Waals surface area contributed by atoms with Crippen molar-refractivity contribution in [2.75, 3.05) is 5.32 Å². The van der Waals surface area contributed by atoms with Crippen molar-refractivity contribution in [1.29, 1.82) is 0 Å². The molecule has 0 saturated heterocycles. The van der Waals surface area contributed by atoms with Crippen LogP contribution in [0, 0.1) is 5.82 Å². The SMILES string of the molecule is Fc1ccccc1[C@H]1C2=C(Nc3ncnn31)c1cc(Cl)ccc1O[C@H]2c1cccs1. The number of nitrogens with one attached hydrogen (secondary N) is 1. The number of nitrogens with zero attached hydrogens (tertiary/aromatic N) is 3. The van der Waals surface area contributed by atoms with Gasteiger partial charge >= 0.3 is 0 Å². The monoisotopic (exact) mass is 436 g/mol. The van der Waals surface area contributed by atoms with E-state index in [1.54, 1.807) is 34.2 Å². The predicted octanol–water partition coefficient (Wildman–Crippen LogP) is 5.69. The lowest BCUT2D eigenvalue weighted by Gasteiger charge is -2.38. The largest absolute Gasteiger partial charge is 0.480 e. The first-order valence-corrected chi connectivity index (χ1v) is 10.6. The third-order valence-corrected chi connectivity index (χ3v) is 6.53. The first-order chi connectivity index (χ1) is 14.7. The van der Waals surface area contributed by atoms with Crippen LogP contribution in [-0.2, 0) is 0 Å². The Morgan fingerprint density at radius 2 is 2.03 bits per heavy atom. The molecule has 6 rings (SSSR count). The molecule has 0 spiro atoms.